The lowest BCUT2D eigenvalue weighted by Crippen LogP contribution is -2.30. The van der Waals surface area contributed by atoms with E-state index in [2.05, 4.69) is 0 Å². The van der Waals surface area contributed by atoms with Crippen LogP contribution in [0.4, 0.5) is 0 Å². The third-order valence-corrected chi connectivity index (χ3v) is 5.66. The van der Waals surface area contributed by atoms with Crippen molar-refractivity contribution in [1.82, 2.24) is 0 Å². The fraction of sp³-hybridized carbons (Fsp3) is 0.278. The summed E-state index contributed by atoms with van der Waals surface area (Å²) in [5.41, 5.74) is 8.50. The topological polar surface area (TPSA) is 75.4 Å². The summed E-state index contributed by atoms with van der Waals surface area (Å²) in [6.45, 7) is 3.71. The van der Waals surface area contributed by atoms with Crippen LogP contribution in [-0.2, 0) is 27.9 Å². The minimum atomic E-state index is -1.33. The fourth-order valence-electron chi connectivity index (χ4n) is 2.80. The Labute approximate surface area is 138 Å². The molecule has 2 aromatic rings. The number of carbonyl (C=O) groups is 1. The molecule has 1 aliphatic rings. The van der Waals surface area contributed by atoms with Crippen LogP contribution in [0.1, 0.15) is 40.9 Å². The molecule has 0 aromatic heterocycles. The number of hydrogen-bond donors (Lipinski definition) is 1. The number of methoxy groups -OCH3 is 1. The molecule has 0 saturated heterocycles. The second-order valence-electron chi connectivity index (χ2n) is 6.27. The standard InChI is InChI=1S/C18H19NO3S/c1-18(2,19)12-9-14(17(20)22-3)13-8-11-6-4-5-7-15(11)23(21)16(13)10-12/h4-7,9-10H,8,19H2,1-3H3. The van der Waals surface area contributed by atoms with Gasteiger partial charge >= 0.3 is 5.97 Å². The number of esters is 1. The molecule has 2 aromatic carbocycles. The molecule has 0 spiro atoms. The number of benzene rings is 2. The third-order valence-electron chi connectivity index (χ3n) is 4.10. The maximum atomic E-state index is 13.0. The SMILES string of the molecule is COC(=O)c1cc(C(C)(C)N)cc2c1Cc1ccccc1[S+]2[O-]. The Balaban J connectivity index is 2.25. The van der Waals surface area contributed by atoms with Crippen LogP contribution in [0.15, 0.2) is 46.2 Å². The second-order valence-corrected chi connectivity index (χ2v) is 7.68. The molecule has 0 amide bonds. The highest BCUT2D eigenvalue weighted by atomic mass is 32.2. The number of ether oxygens (including phenoxy) is 1. The van der Waals surface area contributed by atoms with Crippen molar-refractivity contribution in [2.24, 2.45) is 5.73 Å². The van der Waals surface area contributed by atoms with Gasteiger partial charge in [-0.15, -0.1) is 0 Å². The van der Waals surface area contributed by atoms with Gasteiger partial charge in [0.2, 0.25) is 0 Å². The van der Waals surface area contributed by atoms with Crippen LogP contribution in [0.5, 0.6) is 0 Å². The number of carbonyl (C=O) groups excluding carboxylic acids is 1. The van der Waals surface area contributed by atoms with Gasteiger partial charge in [0.25, 0.3) is 0 Å². The Bertz CT molecular complexity index is 780. The lowest BCUT2D eigenvalue weighted by molar-refractivity contribution is 0.0599. The first kappa shape index (κ1) is 16.1. The van der Waals surface area contributed by atoms with E-state index in [9.17, 15) is 9.35 Å². The first-order valence-electron chi connectivity index (χ1n) is 7.37. The number of nitrogens with two attached hydrogens (primary N) is 1. The van der Waals surface area contributed by atoms with Gasteiger partial charge in [-0.05, 0) is 37.6 Å². The molecule has 0 aliphatic carbocycles. The largest absolute Gasteiger partial charge is 0.606 e. The Kier molecular flexibility index (Phi) is 3.96. The fourth-order valence-corrected chi connectivity index (χ4v) is 4.25. The van der Waals surface area contributed by atoms with Crippen molar-refractivity contribution in [2.45, 2.75) is 35.6 Å². The predicted molar refractivity (Wildman–Crippen MR) is 88.9 cm³/mol. The average molecular weight is 329 g/mol. The molecule has 1 unspecified atom stereocenters. The third kappa shape index (κ3) is 2.76. The monoisotopic (exact) mass is 329 g/mol. The quantitative estimate of drug-likeness (QED) is 0.679. The average Bonchev–Trinajstić information content (AvgIpc) is 2.52. The van der Waals surface area contributed by atoms with Crippen LogP contribution in [0.2, 0.25) is 0 Å². The summed E-state index contributed by atoms with van der Waals surface area (Å²) < 4.78 is 17.9. The van der Waals surface area contributed by atoms with Crippen LogP contribution in [0.25, 0.3) is 0 Å². The van der Waals surface area contributed by atoms with Crippen molar-refractivity contribution in [2.75, 3.05) is 7.11 Å². The van der Waals surface area contributed by atoms with Crippen LogP contribution < -0.4 is 5.73 Å². The van der Waals surface area contributed by atoms with Crippen molar-refractivity contribution >= 4 is 17.1 Å². The molecule has 1 atom stereocenters. The van der Waals surface area contributed by atoms with Crippen LogP contribution in [-0.4, -0.2) is 17.6 Å². The Morgan fingerprint density at radius 3 is 2.61 bits per heavy atom. The van der Waals surface area contributed by atoms with Crippen LogP contribution in [0.3, 0.4) is 0 Å². The molecule has 0 saturated carbocycles. The molecular formula is C18H19NO3S. The zero-order chi connectivity index (χ0) is 16.8. The molecule has 1 heterocycles. The summed E-state index contributed by atoms with van der Waals surface area (Å²) in [5.74, 6) is -0.427. The number of hydrogen-bond acceptors (Lipinski definition) is 4. The molecule has 0 bridgehead atoms. The van der Waals surface area contributed by atoms with Crippen molar-refractivity contribution < 1.29 is 14.1 Å². The van der Waals surface area contributed by atoms with Gasteiger partial charge in [0.1, 0.15) is 0 Å². The first-order chi connectivity index (χ1) is 10.8. The molecule has 3 rings (SSSR count). The molecule has 0 radical (unpaired) electrons. The van der Waals surface area contributed by atoms with Crippen molar-refractivity contribution in [3.63, 3.8) is 0 Å². The highest BCUT2D eigenvalue weighted by Gasteiger charge is 2.34. The van der Waals surface area contributed by atoms with Crippen molar-refractivity contribution in [3.05, 3.63) is 58.7 Å². The van der Waals surface area contributed by atoms with Gasteiger partial charge in [0.15, 0.2) is 9.79 Å². The molecular weight excluding hydrogens is 310 g/mol. The zero-order valence-corrected chi connectivity index (χ0v) is 14.2. The zero-order valence-electron chi connectivity index (χ0n) is 13.4. The lowest BCUT2D eigenvalue weighted by atomic mass is 9.90. The van der Waals surface area contributed by atoms with E-state index in [-0.39, 0.29) is 0 Å². The van der Waals surface area contributed by atoms with E-state index in [0.717, 1.165) is 21.6 Å². The Morgan fingerprint density at radius 2 is 1.96 bits per heavy atom. The maximum absolute atomic E-state index is 13.0. The van der Waals surface area contributed by atoms with E-state index in [1.807, 2.05) is 44.2 Å². The van der Waals surface area contributed by atoms with Crippen LogP contribution in [0, 0.1) is 0 Å². The van der Waals surface area contributed by atoms with Gasteiger partial charge in [0.05, 0.1) is 12.7 Å². The molecule has 2 N–H and O–H groups in total. The summed E-state index contributed by atoms with van der Waals surface area (Å²) in [4.78, 5) is 13.7. The maximum Gasteiger partial charge on any atom is 0.338 e. The molecule has 23 heavy (non-hydrogen) atoms. The van der Waals surface area contributed by atoms with Crippen molar-refractivity contribution in [1.29, 1.82) is 0 Å². The van der Waals surface area contributed by atoms with E-state index in [4.69, 9.17) is 10.5 Å². The van der Waals surface area contributed by atoms with Gasteiger partial charge in [-0.2, -0.15) is 0 Å². The second kappa shape index (κ2) is 5.67. The first-order valence-corrected chi connectivity index (χ1v) is 8.52. The van der Waals surface area contributed by atoms with E-state index >= 15 is 0 Å². The smallest absolute Gasteiger partial charge is 0.338 e. The van der Waals surface area contributed by atoms with E-state index in [0.29, 0.717) is 16.9 Å². The van der Waals surface area contributed by atoms with Gasteiger partial charge in [-0.3, -0.25) is 0 Å². The Hall–Kier alpha value is -1.82. The van der Waals surface area contributed by atoms with E-state index < -0.39 is 22.7 Å². The highest BCUT2D eigenvalue weighted by molar-refractivity contribution is 7.91. The Morgan fingerprint density at radius 1 is 1.26 bits per heavy atom. The summed E-state index contributed by atoms with van der Waals surface area (Å²) in [5, 5.41) is 0. The molecule has 4 nitrogen and oxygen atoms in total. The summed E-state index contributed by atoms with van der Waals surface area (Å²) in [6, 6.07) is 11.2. The van der Waals surface area contributed by atoms with Gasteiger partial charge in [-0.25, -0.2) is 4.79 Å². The minimum Gasteiger partial charge on any atom is -0.606 e. The molecule has 0 fully saturated rings. The number of fused-ring (bicyclic) bond motifs is 2. The minimum absolute atomic E-state index is 0.427. The van der Waals surface area contributed by atoms with Gasteiger partial charge in [0, 0.05) is 34.3 Å². The lowest BCUT2D eigenvalue weighted by Gasteiger charge is -2.27. The van der Waals surface area contributed by atoms with Crippen LogP contribution >= 0.6 is 0 Å². The van der Waals surface area contributed by atoms with Gasteiger partial charge < -0.3 is 15.0 Å². The predicted octanol–water partition coefficient (Wildman–Crippen LogP) is 2.74. The van der Waals surface area contributed by atoms with Gasteiger partial charge in [-0.1, -0.05) is 18.2 Å². The summed E-state index contributed by atoms with van der Waals surface area (Å²) in [7, 11) is 1.35. The van der Waals surface area contributed by atoms with Crippen molar-refractivity contribution in [3.8, 4) is 0 Å². The summed E-state index contributed by atoms with van der Waals surface area (Å²) >= 11 is -1.33. The molecule has 120 valence electrons. The highest BCUT2D eigenvalue weighted by Crippen LogP contribution is 2.38. The van der Waals surface area contributed by atoms with E-state index in [1.54, 1.807) is 6.07 Å². The molecule has 5 heteroatoms. The number of rotatable bonds is 2. The summed E-state index contributed by atoms with van der Waals surface area (Å²) in [6.07, 6.45) is 0.562. The normalized spacial score (nSPS) is 16.5. The molecule has 1 aliphatic heterocycles. The van der Waals surface area contributed by atoms with E-state index in [1.165, 1.54) is 7.11 Å².